The highest BCUT2D eigenvalue weighted by molar-refractivity contribution is 7.99. The number of nitriles is 2. The van der Waals surface area contributed by atoms with Crippen molar-refractivity contribution in [1.29, 1.82) is 10.5 Å². The summed E-state index contributed by atoms with van der Waals surface area (Å²) in [5.74, 6) is -0.606. The maximum Gasteiger partial charge on any atom is 0.341 e. The molecule has 8 nitrogen and oxygen atoms in total. The van der Waals surface area contributed by atoms with E-state index in [0.717, 1.165) is 41.5 Å². The SMILES string of the molecule is CCOC(=O)c1c(NC(=O)CSc2[nH+]c(N)c(C#N)cc2C#N)sc2c1CCC2. The van der Waals surface area contributed by atoms with Crippen molar-refractivity contribution in [2.24, 2.45) is 0 Å². The zero-order chi connectivity index (χ0) is 21.0. The first-order chi connectivity index (χ1) is 14.0. The van der Waals surface area contributed by atoms with E-state index in [-0.39, 0.29) is 35.2 Å². The normalized spacial score (nSPS) is 12.0. The maximum absolute atomic E-state index is 12.5. The van der Waals surface area contributed by atoms with E-state index in [9.17, 15) is 14.9 Å². The molecule has 0 fully saturated rings. The molecule has 1 amide bonds. The number of fused-ring (bicyclic) bond motifs is 1. The van der Waals surface area contributed by atoms with Crippen LogP contribution in [0.4, 0.5) is 10.8 Å². The number of esters is 1. The third-order valence-corrected chi connectivity index (χ3v) is 6.54. The summed E-state index contributed by atoms with van der Waals surface area (Å²) in [7, 11) is 0. The Morgan fingerprint density at radius 2 is 2.10 bits per heavy atom. The van der Waals surface area contributed by atoms with E-state index in [0.29, 0.717) is 15.6 Å². The first-order valence-electron chi connectivity index (χ1n) is 8.88. The van der Waals surface area contributed by atoms with Crippen molar-refractivity contribution in [2.45, 2.75) is 31.2 Å². The van der Waals surface area contributed by atoms with Crippen LogP contribution in [0.1, 0.15) is 45.3 Å². The Labute approximate surface area is 175 Å². The minimum Gasteiger partial charge on any atom is -0.462 e. The van der Waals surface area contributed by atoms with Gasteiger partial charge in [0.1, 0.15) is 28.3 Å². The van der Waals surface area contributed by atoms with Crippen molar-refractivity contribution >= 4 is 45.8 Å². The number of hydrogen-bond donors (Lipinski definition) is 2. The van der Waals surface area contributed by atoms with Crippen molar-refractivity contribution in [1.82, 2.24) is 0 Å². The quantitative estimate of drug-likeness (QED) is 0.530. The number of amides is 1. The molecule has 10 heteroatoms. The summed E-state index contributed by atoms with van der Waals surface area (Å²) < 4.78 is 5.16. The van der Waals surface area contributed by atoms with Crippen molar-refractivity contribution in [3.63, 3.8) is 0 Å². The van der Waals surface area contributed by atoms with Crippen molar-refractivity contribution in [2.75, 3.05) is 23.4 Å². The number of H-pyrrole nitrogens is 1. The molecular formula is C19H18N5O3S2+. The van der Waals surface area contributed by atoms with E-state index in [1.54, 1.807) is 6.92 Å². The maximum atomic E-state index is 12.5. The van der Waals surface area contributed by atoms with Gasteiger partial charge in [-0.3, -0.25) is 10.5 Å². The number of ether oxygens (including phenoxy) is 1. The fourth-order valence-corrected chi connectivity index (χ4v) is 5.13. The number of hydrogen-bond acceptors (Lipinski definition) is 8. The van der Waals surface area contributed by atoms with Crippen LogP contribution in [0.15, 0.2) is 11.1 Å². The second-order valence-electron chi connectivity index (χ2n) is 6.18. The largest absolute Gasteiger partial charge is 0.462 e. The molecule has 29 heavy (non-hydrogen) atoms. The number of pyridine rings is 1. The van der Waals surface area contributed by atoms with Gasteiger partial charge in [0.05, 0.1) is 17.9 Å². The number of thioether (sulfide) groups is 1. The number of anilines is 2. The predicted molar refractivity (Wildman–Crippen MR) is 108 cm³/mol. The number of thiophene rings is 1. The lowest BCUT2D eigenvalue weighted by atomic mass is 10.1. The van der Waals surface area contributed by atoms with Crippen molar-refractivity contribution in [3.05, 3.63) is 33.2 Å². The molecule has 2 aromatic rings. The molecule has 0 radical (unpaired) electrons. The number of carbonyl (C=O) groups excluding carboxylic acids is 2. The standard InChI is InChI=1S/C19H17N5O3S2/c1-2-27-19(26)15-12-4-3-5-13(12)29-18(15)23-14(25)9-28-17-11(8-21)6-10(7-20)16(22)24-17/h6H,2-5,9H2,1H3,(H2,22,24)(H,23,25)/p+1. The minimum atomic E-state index is -0.421. The molecule has 0 aromatic carbocycles. The molecule has 2 heterocycles. The van der Waals surface area contributed by atoms with Gasteiger partial charge in [-0.25, -0.2) is 9.78 Å². The molecule has 4 N–H and O–H groups in total. The van der Waals surface area contributed by atoms with Gasteiger partial charge >= 0.3 is 5.97 Å². The van der Waals surface area contributed by atoms with Gasteiger partial charge in [0, 0.05) is 4.88 Å². The fraction of sp³-hybridized carbons (Fsp3) is 0.316. The van der Waals surface area contributed by atoms with Crippen LogP contribution < -0.4 is 16.0 Å². The Balaban J connectivity index is 1.75. The number of nitrogens with one attached hydrogen (secondary N) is 2. The number of carbonyl (C=O) groups is 2. The molecule has 3 rings (SSSR count). The van der Waals surface area contributed by atoms with Crippen LogP contribution in [0.2, 0.25) is 0 Å². The topological polar surface area (TPSA) is 143 Å². The fourth-order valence-electron chi connectivity index (χ4n) is 3.05. The molecule has 0 unspecified atom stereocenters. The summed E-state index contributed by atoms with van der Waals surface area (Å²) in [5.41, 5.74) is 7.58. The second kappa shape index (κ2) is 8.95. The smallest absolute Gasteiger partial charge is 0.341 e. The highest BCUT2D eigenvalue weighted by Gasteiger charge is 2.28. The number of aromatic nitrogens is 1. The number of aryl methyl sites for hydroxylation is 1. The Kier molecular flexibility index (Phi) is 6.37. The van der Waals surface area contributed by atoms with Crippen molar-refractivity contribution < 1.29 is 19.3 Å². The molecule has 2 aromatic heterocycles. The average Bonchev–Trinajstić information content (AvgIpc) is 3.27. The van der Waals surface area contributed by atoms with Crippen LogP contribution in [0.5, 0.6) is 0 Å². The molecule has 148 valence electrons. The van der Waals surface area contributed by atoms with Crippen LogP contribution >= 0.6 is 23.1 Å². The van der Waals surface area contributed by atoms with Gasteiger partial charge in [-0.15, -0.1) is 11.3 Å². The number of nitrogen functional groups attached to an aromatic ring is 1. The van der Waals surface area contributed by atoms with Crippen molar-refractivity contribution in [3.8, 4) is 12.1 Å². The number of aromatic amines is 1. The molecule has 0 spiro atoms. The molecular weight excluding hydrogens is 410 g/mol. The van der Waals surface area contributed by atoms with E-state index < -0.39 is 5.97 Å². The van der Waals surface area contributed by atoms with E-state index in [4.69, 9.17) is 15.7 Å². The van der Waals surface area contributed by atoms with Gasteiger partial charge in [0.25, 0.3) is 5.82 Å². The van der Waals surface area contributed by atoms with Crippen LogP contribution in [-0.4, -0.2) is 24.2 Å². The van der Waals surface area contributed by atoms with Gasteiger partial charge in [-0.1, -0.05) is 11.8 Å². The summed E-state index contributed by atoms with van der Waals surface area (Å²) in [6.07, 6.45) is 2.68. The lowest BCUT2D eigenvalue weighted by Crippen LogP contribution is -2.20. The Hall–Kier alpha value is -3.08. The van der Waals surface area contributed by atoms with Gasteiger partial charge in [0.2, 0.25) is 5.91 Å². The van der Waals surface area contributed by atoms with E-state index >= 15 is 0 Å². The highest BCUT2D eigenvalue weighted by atomic mass is 32.2. The Morgan fingerprint density at radius 1 is 1.34 bits per heavy atom. The lowest BCUT2D eigenvalue weighted by molar-refractivity contribution is -0.410. The Bertz CT molecular complexity index is 1070. The summed E-state index contributed by atoms with van der Waals surface area (Å²) >= 11 is 2.51. The zero-order valence-electron chi connectivity index (χ0n) is 15.6. The van der Waals surface area contributed by atoms with E-state index in [2.05, 4.69) is 10.3 Å². The van der Waals surface area contributed by atoms with Crippen LogP contribution in [0, 0.1) is 22.7 Å². The second-order valence-corrected chi connectivity index (χ2v) is 8.27. The molecule has 1 aliphatic rings. The monoisotopic (exact) mass is 428 g/mol. The number of nitrogens with two attached hydrogens (primary N) is 1. The molecule has 0 aliphatic heterocycles. The number of nitrogens with zero attached hydrogens (tertiary/aromatic N) is 2. The van der Waals surface area contributed by atoms with Gasteiger partial charge in [-0.05, 0) is 37.8 Å². The molecule has 0 atom stereocenters. The summed E-state index contributed by atoms with van der Waals surface area (Å²) in [6, 6.07) is 5.27. The van der Waals surface area contributed by atoms with E-state index in [1.165, 1.54) is 17.4 Å². The minimum absolute atomic E-state index is 0.00134. The molecule has 1 aliphatic carbocycles. The van der Waals surface area contributed by atoms with Crippen LogP contribution in [-0.2, 0) is 22.4 Å². The van der Waals surface area contributed by atoms with Crippen LogP contribution in [0.3, 0.4) is 0 Å². The molecule has 0 bridgehead atoms. The summed E-state index contributed by atoms with van der Waals surface area (Å²) in [6.45, 7) is 2.01. The number of rotatable bonds is 6. The zero-order valence-corrected chi connectivity index (χ0v) is 17.3. The van der Waals surface area contributed by atoms with Gasteiger partial charge in [-0.2, -0.15) is 10.5 Å². The van der Waals surface area contributed by atoms with E-state index in [1.807, 2.05) is 12.1 Å². The first-order valence-corrected chi connectivity index (χ1v) is 10.7. The predicted octanol–water partition coefficient (Wildman–Crippen LogP) is 2.28. The summed E-state index contributed by atoms with van der Waals surface area (Å²) in [4.78, 5) is 28.8. The average molecular weight is 429 g/mol. The van der Waals surface area contributed by atoms with Gasteiger partial charge in [0.15, 0.2) is 5.03 Å². The van der Waals surface area contributed by atoms with Crippen LogP contribution in [0.25, 0.3) is 0 Å². The molecule has 0 saturated carbocycles. The third kappa shape index (κ3) is 4.34. The Morgan fingerprint density at radius 3 is 2.79 bits per heavy atom. The highest BCUT2D eigenvalue weighted by Crippen LogP contribution is 2.39. The summed E-state index contributed by atoms with van der Waals surface area (Å²) in [5, 5.41) is 22.0. The first kappa shape index (κ1) is 20.6. The third-order valence-electron chi connectivity index (χ3n) is 4.31. The lowest BCUT2D eigenvalue weighted by Gasteiger charge is -2.08. The molecule has 0 saturated heterocycles. The van der Waals surface area contributed by atoms with Gasteiger partial charge < -0.3 is 10.1 Å².